The lowest BCUT2D eigenvalue weighted by Crippen LogP contribution is -2.51. The Kier molecular flexibility index (Phi) is 10.5. The highest BCUT2D eigenvalue weighted by Gasteiger charge is 2.45. The number of halogens is 6. The van der Waals surface area contributed by atoms with Crippen LogP contribution in [0.25, 0.3) is 0 Å². The van der Waals surface area contributed by atoms with Gasteiger partial charge in [-0.1, -0.05) is 36.4 Å². The molecule has 1 aliphatic heterocycles. The summed E-state index contributed by atoms with van der Waals surface area (Å²) in [6.07, 6.45) is 1.35. The van der Waals surface area contributed by atoms with Gasteiger partial charge in [0.15, 0.2) is 0 Å². The Bertz CT molecular complexity index is 1910. The van der Waals surface area contributed by atoms with Crippen LogP contribution >= 0.6 is 0 Å². The normalized spacial score (nSPS) is 18.8. The van der Waals surface area contributed by atoms with Crippen molar-refractivity contribution in [3.05, 3.63) is 165 Å². The summed E-state index contributed by atoms with van der Waals surface area (Å²) in [6, 6.07) is 18.9. The van der Waals surface area contributed by atoms with Crippen molar-refractivity contribution in [3.8, 4) is 0 Å². The molecule has 8 nitrogen and oxygen atoms in total. The smallest absolute Gasteiger partial charge is 0.256 e. The van der Waals surface area contributed by atoms with E-state index in [1.807, 2.05) is 6.92 Å². The first kappa shape index (κ1) is 36.0. The van der Waals surface area contributed by atoms with Crippen molar-refractivity contribution in [2.45, 2.75) is 50.0 Å². The Morgan fingerprint density at radius 3 is 1.92 bits per heavy atom. The van der Waals surface area contributed by atoms with E-state index in [9.17, 15) is 31.1 Å². The highest BCUT2D eigenvalue weighted by molar-refractivity contribution is 6.01. The molecule has 0 saturated carbocycles. The lowest BCUT2D eigenvalue weighted by Gasteiger charge is -2.34. The first-order valence-corrected chi connectivity index (χ1v) is 15.4. The molecule has 0 radical (unpaired) electrons. The fourth-order valence-corrected chi connectivity index (χ4v) is 5.88. The minimum atomic E-state index is -2.69. The van der Waals surface area contributed by atoms with Gasteiger partial charge in [-0.3, -0.25) is 9.79 Å². The van der Waals surface area contributed by atoms with Crippen LogP contribution in [-0.2, 0) is 17.6 Å². The molecular weight excluding hydrogens is 660 g/mol. The van der Waals surface area contributed by atoms with Crippen LogP contribution in [0, 0.1) is 23.5 Å². The number of nitrogens with two attached hydrogens (primary N) is 2. The molecule has 0 bridgehead atoms. The fraction of sp³-hybridized carbons (Fsp3) is 0.222. The molecule has 5 N–H and O–H groups in total. The van der Waals surface area contributed by atoms with Crippen molar-refractivity contribution >= 4 is 5.84 Å². The summed E-state index contributed by atoms with van der Waals surface area (Å²) in [5.74, 6) is -1.64. The van der Waals surface area contributed by atoms with E-state index < -0.39 is 59.4 Å². The summed E-state index contributed by atoms with van der Waals surface area (Å²) in [4.78, 5) is 23.9. The Hall–Kier alpha value is -5.34. The van der Waals surface area contributed by atoms with Gasteiger partial charge in [0.25, 0.3) is 12.0 Å². The lowest BCUT2D eigenvalue weighted by atomic mass is 9.79. The number of nitrogens with zero attached hydrogens (tertiary/aromatic N) is 4. The number of aliphatic imine (C=N–C) groups is 1. The Morgan fingerprint density at radius 1 is 0.820 bits per heavy atom. The summed E-state index contributed by atoms with van der Waals surface area (Å²) in [7, 11) is 0. The maximum Gasteiger partial charge on any atom is 0.256 e. The van der Waals surface area contributed by atoms with Gasteiger partial charge in [0.05, 0.1) is 18.1 Å². The van der Waals surface area contributed by atoms with E-state index in [-0.39, 0.29) is 5.82 Å². The van der Waals surface area contributed by atoms with Crippen LogP contribution in [0.1, 0.15) is 41.7 Å². The van der Waals surface area contributed by atoms with Crippen molar-refractivity contribution in [2.75, 3.05) is 0 Å². The van der Waals surface area contributed by atoms with Crippen LogP contribution in [0.15, 0.2) is 113 Å². The number of amidine groups is 1. The molecule has 260 valence electrons. The van der Waals surface area contributed by atoms with Gasteiger partial charge < -0.3 is 21.4 Å². The van der Waals surface area contributed by atoms with Gasteiger partial charge in [0.1, 0.15) is 23.0 Å². The first-order valence-electron chi connectivity index (χ1n) is 15.4. The molecule has 4 atom stereocenters. The molecule has 3 aromatic heterocycles. The Morgan fingerprint density at radius 2 is 1.38 bits per heavy atom. The second-order valence-corrected chi connectivity index (χ2v) is 11.8. The molecule has 14 heteroatoms. The van der Waals surface area contributed by atoms with Gasteiger partial charge in [0.2, 0.25) is 11.9 Å². The molecule has 5 aromatic rings. The highest BCUT2D eigenvalue weighted by atomic mass is 19.3. The molecule has 0 spiro atoms. The molecule has 0 unspecified atom stereocenters. The predicted molar refractivity (Wildman–Crippen MR) is 176 cm³/mol. The van der Waals surface area contributed by atoms with E-state index in [2.05, 4.69) is 20.3 Å². The van der Waals surface area contributed by atoms with Crippen LogP contribution in [0.2, 0.25) is 0 Å². The highest BCUT2D eigenvalue weighted by Crippen LogP contribution is 2.38. The summed E-state index contributed by atoms with van der Waals surface area (Å²) in [5.41, 5.74) is 12.7. The fourth-order valence-electron chi connectivity index (χ4n) is 5.88. The third kappa shape index (κ3) is 7.31. The van der Waals surface area contributed by atoms with Gasteiger partial charge in [-0.2, -0.15) is 8.78 Å². The second-order valence-electron chi connectivity index (χ2n) is 11.8. The van der Waals surface area contributed by atoms with Crippen molar-refractivity contribution in [1.82, 2.24) is 19.9 Å². The molecule has 50 heavy (non-hydrogen) atoms. The van der Waals surface area contributed by atoms with Gasteiger partial charge >= 0.3 is 0 Å². The summed E-state index contributed by atoms with van der Waals surface area (Å²) in [6.45, 7) is 2.83. The molecular formula is C36H33F6N7O. The monoisotopic (exact) mass is 693 g/mol. The summed E-state index contributed by atoms with van der Waals surface area (Å²) < 4.78 is 79.5. The number of alkyl halides is 2. The zero-order valence-electron chi connectivity index (χ0n) is 26.9. The number of pyridine rings is 3. The van der Waals surface area contributed by atoms with Crippen molar-refractivity contribution in [2.24, 2.45) is 16.5 Å². The molecule has 2 aromatic carbocycles. The molecule has 0 aliphatic carbocycles. The number of rotatable bonds is 8. The Balaban J connectivity index is 0.000000219. The minimum Gasteiger partial charge on any atom is -0.354 e. The van der Waals surface area contributed by atoms with Gasteiger partial charge in [0, 0.05) is 41.8 Å². The average Bonchev–Trinajstić information content (AvgIpc) is 3.44. The minimum absolute atomic E-state index is 0.354. The van der Waals surface area contributed by atoms with E-state index in [0.29, 0.717) is 33.7 Å². The number of benzene rings is 2. The molecule has 1 aliphatic rings. The van der Waals surface area contributed by atoms with Crippen LogP contribution in [0.3, 0.4) is 0 Å². The predicted octanol–water partition coefficient (Wildman–Crippen LogP) is 5.38. The topological polar surface area (TPSA) is 124 Å². The number of aromatic nitrogens is 3. The molecule has 0 amide bonds. The van der Waals surface area contributed by atoms with Gasteiger partial charge in [-0.15, -0.1) is 0 Å². The van der Waals surface area contributed by atoms with E-state index in [0.717, 1.165) is 4.57 Å². The summed E-state index contributed by atoms with van der Waals surface area (Å²) >= 11 is 0. The largest absolute Gasteiger partial charge is 0.354 e. The number of hydrogen-bond acceptors (Lipinski definition) is 7. The molecule has 0 fully saturated rings. The molecule has 4 heterocycles. The van der Waals surface area contributed by atoms with Crippen LogP contribution in [0.5, 0.6) is 0 Å². The average molecular weight is 694 g/mol. The van der Waals surface area contributed by atoms with Crippen LogP contribution < -0.4 is 22.3 Å². The lowest BCUT2D eigenvalue weighted by molar-refractivity contribution is 0.125. The maximum atomic E-state index is 13.6. The third-order valence-electron chi connectivity index (χ3n) is 8.58. The van der Waals surface area contributed by atoms with Crippen LogP contribution in [-0.4, -0.2) is 38.9 Å². The standard InChI is InChI=1S/C22H18F4N4O.C14H15F2N3/c1-13-22(15-3-6-17(23)7-4-15,16-5-8-19(26)27-10-16)29-21(28-13)14-2-9-20(31)30(11-14)12-18(24)25;1-9(17)14(18,10-2-5-12(15)6-3-10)11-4-7-13(16)19-8-11/h2-11,13,18H,12H2,1H3,(H,28,29);2-9H,17-18H2,1H3/t13-,22+;9-,14+/m00/s1. The van der Waals surface area contributed by atoms with Crippen molar-refractivity contribution in [1.29, 1.82) is 0 Å². The first-order chi connectivity index (χ1) is 23.7. The summed E-state index contributed by atoms with van der Waals surface area (Å²) in [5, 5.41) is 3.30. The van der Waals surface area contributed by atoms with Crippen LogP contribution in [0.4, 0.5) is 26.3 Å². The quantitative estimate of drug-likeness (QED) is 0.148. The van der Waals surface area contributed by atoms with E-state index in [1.54, 1.807) is 37.3 Å². The maximum absolute atomic E-state index is 13.6. The zero-order chi connectivity index (χ0) is 36.2. The molecule has 0 saturated heterocycles. The number of nitrogens with one attached hydrogen (secondary N) is 1. The van der Waals surface area contributed by atoms with Gasteiger partial charge in [-0.25, -0.2) is 27.5 Å². The SMILES string of the molecule is C[C@@H]1N=C(c2ccc(=O)n(CC(F)F)c2)N[C@]1(c1ccc(F)cc1)c1ccc(F)nc1.C[C@H](N)[C@@](N)(c1ccc(F)cc1)c1ccc(F)nc1. The van der Waals surface area contributed by atoms with Crippen molar-refractivity contribution < 1.29 is 26.3 Å². The zero-order valence-corrected chi connectivity index (χ0v) is 26.9. The third-order valence-corrected chi connectivity index (χ3v) is 8.58. The second kappa shape index (κ2) is 14.6. The van der Waals surface area contributed by atoms with E-state index in [1.165, 1.54) is 73.2 Å². The van der Waals surface area contributed by atoms with E-state index >= 15 is 0 Å². The number of hydrogen-bond donors (Lipinski definition) is 3. The van der Waals surface area contributed by atoms with Gasteiger partial charge in [-0.05, 0) is 73.0 Å². The van der Waals surface area contributed by atoms with Crippen molar-refractivity contribution in [3.63, 3.8) is 0 Å². The Labute approximate surface area is 283 Å². The van der Waals surface area contributed by atoms with E-state index in [4.69, 9.17) is 11.5 Å². The molecule has 6 rings (SSSR count).